The number of nitriles is 1. The lowest BCUT2D eigenvalue weighted by atomic mass is 10.0. The predicted octanol–water partition coefficient (Wildman–Crippen LogP) is 5.20. The molecule has 2 aromatic carbocycles. The molecule has 1 amide bonds. The molecule has 0 fully saturated rings. The quantitative estimate of drug-likeness (QED) is 0.384. The zero-order valence-corrected chi connectivity index (χ0v) is 19.5. The predicted molar refractivity (Wildman–Crippen MR) is 129 cm³/mol. The fourth-order valence-corrected chi connectivity index (χ4v) is 4.76. The minimum atomic E-state index is -0.574. The van der Waals surface area contributed by atoms with Gasteiger partial charge in [0, 0.05) is 41.4 Å². The lowest BCUT2D eigenvalue weighted by Gasteiger charge is -2.17. The van der Waals surface area contributed by atoms with E-state index in [0.29, 0.717) is 40.1 Å². The number of rotatable bonds is 5. The topological polar surface area (TPSA) is 108 Å². The van der Waals surface area contributed by atoms with E-state index in [1.54, 1.807) is 34.1 Å². The Kier molecular flexibility index (Phi) is 5.79. The third-order valence-corrected chi connectivity index (χ3v) is 6.31. The molecule has 1 aliphatic rings. The molecule has 0 aliphatic carbocycles. The minimum absolute atomic E-state index is 0.119. The Morgan fingerprint density at radius 2 is 1.82 bits per heavy atom. The average molecular weight is 489 g/mol. The number of imidazole rings is 1. The van der Waals surface area contributed by atoms with Gasteiger partial charge >= 0.3 is 0 Å². The Hall–Kier alpha value is -3.71. The Morgan fingerprint density at radius 1 is 1.09 bits per heavy atom. The maximum atomic E-state index is 13.6. The van der Waals surface area contributed by atoms with E-state index in [1.807, 2.05) is 49.4 Å². The molecule has 2 aromatic heterocycles. The number of aromatic nitrogens is 4. The first-order valence-electron chi connectivity index (χ1n) is 10.3. The van der Waals surface area contributed by atoms with Gasteiger partial charge in [0.25, 0.3) is 5.91 Å². The van der Waals surface area contributed by atoms with Crippen LogP contribution in [0.4, 0.5) is 11.6 Å². The molecular formula is C24H17ClN6O2S. The molecule has 0 saturated carbocycles. The van der Waals surface area contributed by atoms with E-state index >= 15 is 0 Å². The van der Waals surface area contributed by atoms with Gasteiger partial charge in [0.2, 0.25) is 11.8 Å². The number of benzene rings is 2. The van der Waals surface area contributed by atoms with Crippen LogP contribution in [0.25, 0.3) is 11.1 Å². The summed E-state index contributed by atoms with van der Waals surface area (Å²) >= 11 is 6.81. The molecule has 0 bridgehead atoms. The summed E-state index contributed by atoms with van der Waals surface area (Å²) in [4.78, 5) is 27.5. The standard InChI is InChI=1S/C24H17ClN6O2S/c1-14-6-18(25)9-19(7-14)30-23(32)20(31-22(34-33)13-29-24(30)31)8-15-2-4-16(5-3-15)17-11-27-21(10-26)28-12-17/h2-7,9,11-13,20,33H,8H2,1H3. The van der Waals surface area contributed by atoms with Crippen molar-refractivity contribution in [3.05, 3.63) is 83.0 Å². The SMILES string of the molecule is Cc1cc(Cl)cc(N2C(=O)C(Cc3ccc(-c4cnc(C#N)nc4)cc3)n3c(SO)cnc32)c1. The van der Waals surface area contributed by atoms with Gasteiger partial charge in [0.1, 0.15) is 17.1 Å². The van der Waals surface area contributed by atoms with Crippen LogP contribution in [0.3, 0.4) is 0 Å². The summed E-state index contributed by atoms with van der Waals surface area (Å²) in [6, 6.07) is 14.5. The molecule has 8 nitrogen and oxygen atoms in total. The number of hydrogen-bond donors (Lipinski definition) is 1. The van der Waals surface area contributed by atoms with Crippen LogP contribution in [-0.2, 0) is 11.2 Å². The van der Waals surface area contributed by atoms with Crippen molar-refractivity contribution >= 4 is 41.2 Å². The normalized spacial score (nSPS) is 14.8. The molecule has 1 unspecified atom stereocenters. The van der Waals surface area contributed by atoms with Crippen LogP contribution >= 0.6 is 23.6 Å². The van der Waals surface area contributed by atoms with E-state index in [9.17, 15) is 9.35 Å². The van der Waals surface area contributed by atoms with Crippen molar-refractivity contribution in [2.45, 2.75) is 24.4 Å². The maximum absolute atomic E-state index is 13.6. The van der Waals surface area contributed by atoms with Crippen LogP contribution in [0.5, 0.6) is 0 Å². The number of amides is 1. The number of halogens is 1. The van der Waals surface area contributed by atoms with Crippen molar-refractivity contribution in [2.75, 3.05) is 4.90 Å². The van der Waals surface area contributed by atoms with Crippen LogP contribution < -0.4 is 4.90 Å². The van der Waals surface area contributed by atoms with Crippen LogP contribution in [0.15, 0.2) is 66.1 Å². The Balaban J connectivity index is 1.46. The summed E-state index contributed by atoms with van der Waals surface area (Å²) in [5.41, 5.74) is 4.19. The van der Waals surface area contributed by atoms with Crippen molar-refractivity contribution in [3.63, 3.8) is 0 Å². The maximum Gasteiger partial charge on any atom is 0.257 e. The van der Waals surface area contributed by atoms with Crippen molar-refractivity contribution in [3.8, 4) is 17.2 Å². The molecule has 1 N–H and O–H groups in total. The second kappa shape index (κ2) is 8.91. The Labute approximate surface area is 204 Å². The van der Waals surface area contributed by atoms with Gasteiger partial charge in [-0.1, -0.05) is 35.9 Å². The first kappa shape index (κ1) is 22.1. The van der Waals surface area contributed by atoms with Crippen LogP contribution in [0, 0.1) is 18.3 Å². The summed E-state index contributed by atoms with van der Waals surface area (Å²) in [5.74, 6) is 0.414. The number of nitrogens with zero attached hydrogens (tertiary/aromatic N) is 6. The second-order valence-corrected chi connectivity index (χ2v) is 8.88. The fourth-order valence-electron chi connectivity index (χ4n) is 4.08. The van der Waals surface area contributed by atoms with E-state index in [2.05, 4.69) is 15.0 Å². The molecule has 4 aromatic rings. The molecule has 10 heteroatoms. The summed E-state index contributed by atoms with van der Waals surface area (Å²) in [7, 11) is 0. The van der Waals surface area contributed by atoms with Gasteiger partial charge in [-0.15, -0.1) is 0 Å². The zero-order chi connectivity index (χ0) is 23.8. The van der Waals surface area contributed by atoms with E-state index in [1.165, 1.54) is 0 Å². The van der Waals surface area contributed by atoms with Crippen molar-refractivity contribution in [2.24, 2.45) is 0 Å². The summed E-state index contributed by atoms with van der Waals surface area (Å²) in [5, 5.41) is 9.88. The molecule has 0 radical (unpaired) electrons. The smallest absolute Gasteiger partial charge is 0.257 e. The van der Waals surface area contributed by atoms with Gasteiger partial charge in [-0.05, 0) is 41.8 Å². The molecule has 0 saturated heterocycles. The van der Waals surface area contributed by atoms with Gasteiger partial charge in [0.05, 0.1) is 11.9 Å². The van der Waals surface area contributed by atoms with E-state index < -0.39 is 6.04 Å². The zero-order valence-electron chi connectivity index (χ0n) is 17.9. The molecule has 168 valence electrons. The van der Waals surface area contributed by atoms with Crippen molar-refractivity contribution in [1.29, 1.82) is 5.26 Å². The van der Waals surface area contributed by atoms with Crippen LogP contribution in [-0.4, -0.2) is 30.0 Å². The van der Waals surface area contributed by atoms with E-state index in [0.717, 1.165) is 22.3 Å². The number of carbonyl (C=O) groups is 1. The highest BCUT2D eigenvalue weighted by Gasteiger charge is 2.41. The van der Waals surface area contributed by atoms with E-state index in [4.69, 9.17) is 16.9 Å². The largest absolute Gasteiger partial charge is 0.324 e. The highest BCUT2D eigenvalue weighted by atomic mass is 35.5. The first-order chi connectivity index (χ1) is 16.5. The molecule has 1 aliphatic heterocycles. The molecular weight excluding hydrogens is 472 g/mol. The van der Waals surface area contributed by atoms with Gasteiger partial charge in [-0.25, -0.2) is 19.9 Å². The third kappa shape index (κ3) is 3.92. The highest BCUT2D eigenvalue weighted by Crippen LogP contribution is 2.41. The number of aryl methyl sites for hydroxylation is 1. The number of fused-ring (bicyclic) bond motifs is 1. The molecule has 34 heavy (non-hydrogen) atoms. The number of carbonyl (C=O) groups excluding carboxylic acids is 1. The van der Waals surface area contributed by atoms with Gasteiger partial charge in [0.15, 0.2) is 0 Å². The highest BCUT2D eigenvalue weighted by molar-refractivity contribution is 7.93. The summed E-state index contributed by atoms with van der Waals surface area (Å²) in [6.07, 6.45) is 5.18. The van der Waals surface area contributed by atoms with Crippen LogP contribution in [0.1, 0.15) is 23.0 Å². The first-order valence-corrected chi connectivity index (χ1v) is 11.4. The monoisotopic (exact) mass is 488 g/mol. The van der Waals surface area contributed by atoms with Crippen molar-refractivity contribution in [1.82, 2.24) is 19.5 Å². The summed E-state index contributed by atoms with van der Waals surface area (Å²) in [6.45, 7) is 1.91. The number of hydrogen-bond acceptors (Lipinski definition) is 7. The van der Waals surface area contributed by atoms with Crippen LogP contribution in [0.2, 0.25) is 5.02 Å². The lowest BCUT2D eigenvalue weighted by molar-refractivity contribution is -0.119. The van der Waals surface area contributed by atoms with E-state index in [-0.39, 0.29) is 11.7 Å². The van der Waals surface area contributed by atoms with Gasteiger partial charge in [-0.2, -0.15) is 5.26 Å². The Bertz CT molecular complexity index is 1410. The molecule has 5 rings (SSSR count). The molecule has 3 heterocycles. The molecule has 0 spiro atoms. The lowest BCUT2D eigenvalue weighted by Crippen LogP contribution is -2.26. The van der Waals surface area contributed by atoms with Crippen molar-refractivity contribution < 1.29 is 9.35 Å². The second-order valence-electron chi connectivity index (χ2n) is 7.84. The average Bonchev–Trinajstić information content (AvgIpc) is 3.36. The Morgan fingerprint density at radius 3 is 2.47 bits per heavy atom. The fraction of sp³-hybridized carbons (Fsp3) is 0.125. The van der Waals surface area contributed by atoms with Gasteiger partial charge in [-0.3, -0.25) is 9.36 Å². The number of anilines is 2. The minimum Gasteiger partial charge on any atom is -0.324 e. The van der Waals surface area contributed by atoms with Gasteiger partial charge < -0.3 is 4.55 Å². The third-order valence-electron chi connectivity index (χ3n) is 5.61. The molecule has 1 atom stereocenters. The summed E-state index contributed by atoms with van der Waals surface area (Å²) < 4.78 is 11.5.